The first-order valence-corrected chi connectivity index (χ1v) is 9.00. The van der Waals surface area contributed by atoms with Gasteiger partial charge in [-0.25, -0.2) is 4.79 Å². The summed E-state index contributed by atoms with van der Waals surface area (Å²) in [5, 5.41) is 17.9. The molecular weight excluding hydrogens is 330 g/mol. The van der Waals surface area contributed by atoms with Crippen LogP contribution in [0.1, 0.15) is 55.7 Å². The van der Waals surface area contributed by atoms with E-state index in [0.29, 0.717) is 25.8 Å². The van der Waals surface area contributed by atoms with Gasteiger partial charge in [0, 0.05) is 37.6 Å². The van der Waals surface area contributed by atoms with Gasteiger partial charge in [-0.2, -0.15) is 10.2 Å². The summed E-state index contributed by atoms with van der Waals surface area (Å²) in [5.74, 6) is 1.45. The van der Waals surface area contributed by atoms with Gasteiger partial charge < -0.3 is 10.0 Å². The second-order valence-corrected chi connectivity index (χ2v) is 7.52. The summed E-state index contributed by atoms with van der Waals surface area (Å²) in [6.45, 7) is 0.478. The fourth-order valence-corrected chi connectivity index (χ4v) is 4.08. The highest BCUT2D eigenvalue weighted by molar-refractivity contribution is 5.86. The van der Waals surface area contributed by atoms with Crippen LogP contribution in [-0.2, 0) is 15.0 Å². The third-order valence-electron chi connectivity index (χ3n) is 5.81. The summed E-state index contributed by atoms with van der Waals surface area (Å²) < 4.78 is 0. The Morgan fingerprint density at radius 3 is 2.62 bits per heavy atom. The smallest absolute Gasteiger partial charge is 0.331 e. The van der Waals surface area contributed by atoms with Crippen molar-refractivity contribution in [2.24, 2.45) is 10.2 Å². The van der Waals surface area contributed by atoms with Crippen LogP contribution in [0.5, 0.6) is 0 Å². The maximum absolute atomic E-state index is 12.9. The molecular formula is C20H21N3O3. The predicted octanol–water partition coefficient (Wildman–Crippen LogP) is 3.04. The first-order chi connectivity index (χ1) is 12.5. The quantitative estimate of drug-likeness (QED) is 0.800. The van der Waals surface area contributed by atoms with Gasteiger partial charge in [0.25, 0.3) is 0 Å². The molecule has 0 radical (unpaired) electrons. The van der Waals surface area contributed by atoms with Gasteiger partial charge in [-0.15, -0.1) is 12.3 Å². The normalized spacial score (nSPS) is 23.2. The molecule has 3 aliphatic rings. The molecule has 0 bridgehead atoms. The number of benzene rings is 1. The molecule has 26 heavy (non-hydrogen) atoms. The molecule has 4 rings (SSSR count). The summed E-state index contributed by atoms with van der Waals surface area (Å²) in [6.07, 6.45) is 9.23. The van der Waals surface area contributed by atoms with Crippen molar-refractivity contribution in [2.45, 2.75) is 55.6 Å². The highest BCUT2D eigenvalue weighted by Crippen LogP contribution is 2.55. The van der Waals surface area contributed by atoms with Gasteiger partial charge in [-0.1, -0.05) is 24.3 Å². The maximum Gasteiger partial charge on any atom is 0.331 e. The zero-order valence-electron chi connectivity index (χ0n) is 14.5. The second-order valence-electron chi connectivity index (χ2n) is 7.52. The van der Waals surface area contributed by atoms with Gasteiger partial charge in [0.2, 0.25) is 5.91 Å². The number of terminal acetylenes is 1. The highest BCUT2D eigenvalue weighted by atomic mass is 16.4. The van der Waals surface area contributed by atoms with Crippen LogP contribution >= 0.6 is 0 Å². The molecule has 134 valence electrons. The molecule has 0 saturated heterocycles. The number of hydrogen-bond donors (Lipinski definition) is 1. The molecule has 1 amide bonds. The lowest BCUT2D eigenvalue weighted by atomic mass is 9.82. The SMILES string of the molecule is C#CCCC1(CCC(=O)N2CC3(CC3)c3ccccc3C2C(=O)O)N=N1. The number of carboxylic acid groups (broad SMARTS) is 1. The number of fused-ring (bicyclic) bond motifs is 2. The van der Waals surface area contributed by atoms with Crippen molar-refractivity contribution in [3.63, 3.8) is 0 Å². The predicted molar refractivity (Wildman–Crippen MR) is 94.3 cm³/mol. The van der Waals surface area contributed by atoms with E-state index in [9.17, 15) is 14.7 Å². The number of hydrogen-bond acceptors (Lipinski definition) is 4. The monoisotopic (exact) mass is 351 g/mol. The van der Waals surface area contributed by atoms with Crippen LogP contribution in [0.25, 0.3) is 0 Å². The van der Waals surface area contributed by atoms with Crippen molar-refractivity contribution < 1.29 is 14.7 Å². The topological polar surface area (TPSA) is 82.3 Å². The Hall–Kier alpha value is -2.68. The molecule has 0 aromatic heterocycles. The van der Waals surface area contributed by atoms with Crippen molar-refractivity contribution in [1.82, 2.24) is 4.90 Å². The standard InChI is InChI=1S/C20H21N3O3/c1-2-3-9-20(21-22-20)10-8-16(24)23-13-19(11-12-19)15-7-5-4-6-14(15)17(23)18(25)26/h1,4-7,17H,3,8-13H2,(H,25,26). The lowest BCUT2D eigenvalue weighted by Gasteiger charge is -2.39. The van der Waals surface area contributed by atoms with Crippen molar-refractivity contribution in [3.8, 4) is 12.3 Å². The van der Waals surface area contributed by atoms with Crippen molar-refractivity contribution in [2.75, 3.05) is 6.54 Å². The fraction of sp³-hybridized carbons (Fsp3) is 0.500. The van der Waals surface area contributed by atoms with E-state index in [0.717, 1.165) is 24.0 Å². The Kier molecular flexibility index (Phi) is 3.83. The van der Waals surface area contributed by atoms with Crippen molar-refractivity contribution in [3.05, 3.63) is 35.4 Å². The summed E-state index contributed by atoms with van der Waals surface area (Å²) in [7, 11) is 0. The molecule has 1 aliphatic carbocycles. The van der Waals surface area contributed by atoms with E-state index in [4.69, 9.17) is 6.42 Å². The molecule has 1 saturated carbocycles. The lowest BCUT2D eigenvalue weighted by Crippen LogP contribution is -2.47. The van der Waals surface area contributed by atoms with Crippen molar-refractivity contribution in [1.29, 1.82) is 0 Å². The van der Waals surface area contributed by atoms with E-state index < -0.39 is 17.7 Å². The fourth-order valence-electron chi connectivity index (χ4n) is 4.08. The largest absolute Gasteiger partial charge is 0.479 e. The van der Waals surface area contributed by atoms with Crippen LogP contribution in [0.15, 0.2) is 34.5 Å². The van der Waals surface area contributed by atoms with E-state index in [1.807, 2.05) is 24.3 Å². The van der Waals surface area contributed by atoms with E-state index in [-0.39, 0.29) is 17.7 Å². The Balaban J connectivity index is 1.53. The molecule has 1 aromatic rings. The molecule has 1 fully saturated rings. The summed E-state index contributed by atoms with van der Waals surface area (Å²) in [5.41, 5.74) is 1.26. The molecule has 1 unspecified atom stereocenters. The number of carbonyl (C=O) groups is 2. The molecule has 1 N–H and O–H groups in total. The first kappa shape index (κ1) is 16.8. The summed E-state index contributed by atoms with van der Waals surface area (Å²) >= 11 is 0. The molecule has 6 heteroatoms. The molecule has 6 nitrogen and oxygen atoms in total. The van der Waals surface area contributed by atoms with E-state index in [1.165, 1.54) is 0 Å². The first-order valence-electron chi connectivity index (χ1n) is 9.00. The van der Waals surface area contributed by atoms with E-state index in [1.54, 1.807) is 4.90 Å². The number of amides is 1. The number of nitrogens with zero attached hydrogens (tertiary/aromatic N) is 3. The molecule has 1 atom stereocenters. The molecule has 1 spiro atoms. The van der Waals surface area contributed by atoms with Crippen molar-refractivity contribution >= 4 is 11.9 Å². The zero-order valence-corrected chi connectivity index (χ0v) is 14.5. The third-order valence-corrected chi connectivity index (χ3v) is 5.81. The third kappa shape index (κ3) is 2.78. The van der Waals surface area contributed by atoms with Gasteiger partial charge in [0.1, 0.15) is 0 Å². The molecule has 2 heterocycles. The van der Waals surface area contributed by atoms with Gasteiger partial charge >= 0.3 is 5.97 Å². The number of aliphatic carboxylic acids is 1. The van der Waals surface area contributed by atoms with Gasteiger partial charge in [-0.05, 0) is 24.0 Å². The average Bonchev–Trinajstić information content (AvgIpc) is 3.56. The van der Waals surface area contributed by atoms with E-state index >= 15 is 0 Å². The Labute approximate surface area is 152 Å². The van der Waals surface area contributed by atoms with Gasteiger partial charge in [-0.3, -0.25) is 4.79 Å². The van der Waals surface area contributed by atoms with Crippen LogP contribution in [0.2, 0.25) is 0 Å². The molecule has 2 aliphatic heterocycles. The lowest BCUT2D eigenvalue weighted by molar-refractivity contribution is -0.152. The van der Waals surface area contributed by atoms with Crippen LogP contribution in [0.4, 0.5) is 0 Å². The summed E-state index contributed by atoms with van der Waals surface area (Å²) in [4.78, 5) is 26.4. The highest BCUT2D eigenvalue weighted by Gasteiger charge is 2.54. The minimum Gasteiger partial charge on any atom is -0.479 e. The van der Waals surface area contributed by atoms with Crippen LogP contribution < -0.4 is 0 Å². The Morgan fingerprint density at radius 1 is 1.27 bits per heavy atom. The number of carboxylic acids is 1. The minimum absolute atomic E-state index is 0.0618. The zero-order chi connectivity index (χ0) is 18.4. The minimum atomic E-state index is -0.982. The second kappa shape index (κ2) is 5.94. The average molecular weight is 351 g/mol. The maximum atomic E-state index is 12.9. The summed E-state index contributed by atoms with van der Waals surface area (Å²) in [6, 6.07) is 6.72. The Bertz CT molecular complexity index is 829. The number of carbonyl (C=O) groups excluding carboxylic acids is 1. The van der Waals surface area contributed by atoms with E-state index in [2.05, 4.69) is 16.1 Å². The van der Waals surface area contributed by atoms with Crippen LogP contribution in [-0.4, -0.2) is 34.1 Å². The molecule has 1 aromatic carbocycles. The Morgan fingerprint density at radius 2 is 2.00 bits per heavy atom. The number of rotatable bonds is 6. The van der Waals surface area contributed by atoms with Crippen LogP contribution in [0.3, 0.4) is 0 Å². The van der Waals surface area contributed by atoms with Crippen LogP contribution in [0, 0.1) is 12.3 Å². The van der Waals surface area contributed by atoms with Gasteiger partial charge in [0.05, 0.1) is 0 Å². The van der Waals surface area contributed by atoms with Gasteiger partial charge in [0.15, 0.2) is 11.7 Å².